The number of benzene rings is 1. The Kier molecular flexibility index (Phi) is 4.18. The number of aliphatic hydroxyl groups is 1. The summed E-state index contributed by atoms with van der Waals surface area (Å²) in [7, 11) is 0. The molecule has 1 aromatic rings. The zero-order valence-corrected chi connectivity index (χ0v) is 10.7. The van der Waals surface area contributed by atoms with E-state index >= 15 is 0 Å². The van der Waals surface area contributed by atoms with Crippen LogP contribution in [0.4, 0.5) is 10.1 Å². The van der Waals surface area contributed by atoms with Gasteiger partial charge in [0.25, 0.3) is 0 Å². The van der Waals surface area contributed by atoms with Gasteiger partial charge in [0, 0.05) is 11.6 Å². The number of nitrogens with one attached hydrogen (secondary N) is 1. The Morgan fingerprint density at radius 1 is 1.58 bits per heavy atom. The SMILES string of the molecule is CC(C(=O)Nc1ccc(F)c(C#CCO)c1)C1CC1. The van der Waals surface area contributed by atoms with E-state index < -0.39 is 5.82 Å². The highest BCUT2D eigenvalue weighted by Crippen LogP contribution is 2.37. The van der Waals surface area contributed by atoms with Crippen LogP contribution in [0.5, 0.6) is 0 Å². The smallest absolute Gasteiger partial charge is 0.227 e. The van der Waals surface area contributed by atoms with Gasteiger partial charge in [-0.1, -0.05) is 18.8 Å². The molecule has 2 N–H and O–H groups in total. The molecule has 1 aromatic carbocycles. The molecule has 1 unspecified atom stereocenters. The van der Waals surface area contributed by atoms with Crippen LogP contribution in [-0.2, 0) is 4.79 Å². The van der Waals surface area contributed by atoms with Gasteiger partial charge in [-0.05, 0) is 37.0 Å². The monoisotopic (exact) mass is 261 g/mol. The lowest BCUT2D eigenvalue weighted by atomic mass is 10.1. The molecule has 0 radical (unpaired) electrons. The summed E-state index contributed by atoms with van der Waals surface area (Å²) < 4.78 is 13.4. The Morgan fingerprint density at radius 3 is 2.95 bits per heavy atom. The molecule has 0 heterocycles. The van der Waals surface area contributed by atoms with Gasteiger partial charge in [0.05, 0.1) is 5.56 Å². The minimum atomic E-state index is -0.464. The molecule has 4 heteroatoms. The third-order valence-corrected chi connectivity index (χ3v) is 3.28. The summed E-state index contributed by atoms with van der Waals surface area (Å²) >= 11 is 0. The molecule has 0 bridgehead atoms. The molecule has 3 nitrogen and oxygen atoms in total. The number of rotatable bonds is 3. The molecule has 1 fully saturated rings. The van der Waals surface area contributed by atoms with Gasteiger partial charge in [-0.2, -0.15) is 0 Å². The van der Waals surface area contributed by atoms with Crippen molar-refractivity contribution in [3.63, 3.8) is 0 Å². The van der Waals surface area contributed by atoms with Gasteiger partial charge >= 0.3 is 0 Å². The van der Waals surface area contributed by atoms with Crippen molar-refractivity contribution >= 4 is 11.6 Å². The summed E-state index contributed by atoms with van der Waals surface area (Å²) in [6, 6.07) is 4.26. The molecule has 0 saturated heterocycles. The Labute approximate surface area is 111 Å². The Morgan fingerprint density at radius 2 is 2.32 bits per heavy atom. The highest BCUT2D eigenvalue weighted by atomic mass is 19.1. The molecule has 1 aliphatic rings. The highest BCUT2D eigenvalue weighted by Gasteiger charge is 2.32. The predicted octanol–water partition coefficient (Wildman–Crippen LogP) is 2.15. The van der Waals surface area contributed by atoms with Gasteiger partial charge in [-0.15, -0.1) is 0 Å². The summed E-state index contributed by atoms with van der Waals surface area (Å²) in [5.41, 5.74) is 0.701. The van der Waals surface area contributed by atoms with E-state index in [4.69, 9.17) is 5.11 Å². The van der Waals surface area contributed by atoms with Crippen molar-refractivity contribution in [3.8, 4) is 11.8 Å². The minimum absolute atomic E-state index is 0.0166. The van der Waals surface area contributed by atoms with Gasteiger partial charge in [-0.25, -0.2) is 4.39 Å². The topological polar surface area (TPSA) is 49.3 Å². The summed E-state index contributed by atoms with van der Waals surface area (Å²) in [5, 5.41) is 11.4. The Bertz CT molecular complexity index is 541. The van der Waals surface area contributed by atoms with Gasteiger partial charge in [0.15, 0.2) is 0 Å². The average molecular weight is 261 g/mol. The standard InChI is InChI=1S/C15H16FNO2/c1-10(11-4-5-11)15(19)17-13-6-7-14(16)12(9-13)3-2-8-18/h6-7,9-11,18H,4-5,8H2,1H3,(H,17,19). The van der Waals surface area contributed by atoms with Gasteiger partial charge in [0.2, 0.25) is 5.91 Å². The fourth-order valence-electron chi connectivity index (χ4n) is 1.90. The van der Waals surface area contributed by atoms with Crippen molar-refractivity contribution in [3.05, 3.63) is 29.6 Å². The number of halogens is 1. The second-order valence-electron chi connectivity index (χ2n) is 4.77. The molecule has 0 aromatic heterocycles. The van der Waals surface area contributed by atoms with E-state index in [9.17, 15) is 9.18 Å². The van der Waals surface area contributed by atoms with E-state index in [-0.39, 0.29) is 24.0 Å². The van der Waals surface area contributed by atoms with Crippen LogP contribution in [0, 0.1) is 29.5 Å². The van der Waals surface area contributed by atoms with E-state index in [1.165, 1.54) is 18.2 Å². The maximum atomic E-state index is 13.4. The number of carbonyl (C=O) groups is 1. The molecule has 0 spiro atoms. The first kappa shape index (κ1) is 13.6. The van der Waals surface area contributed by atoms with Crippen LogP contribution < -0.4 is 5.32 Å². The normalized spacial score (nSPS) is 15.3. The minimum Gasteiger partial charge on any atom is -0.384 e. The van der Waals surface area contributed by atoms with E-state index in [0.717, 1.165) is 12.8 Å². The average Bonchev–Trinajstić information content (AvgIpc) is 3.22. The van der Waals surface area contributed by atoms with Crippen molar-refractivity contribution in [2.75, 3.05) is 11.9 Å². The van der Waals surface area contributed by atoms with Crippen LogP contribution >= 0.6 is 0 Å². The van der Waals surface area contributed by atoms with Gasteiger partial charge in [0.1, 0.15) is 12.4 Å². The quantitative estimate of drug-likeness (QED) is 0.819. The molecule has 1 atom stereocenters. The third-order valence-electron chi connectivity index (χ3n) is 3.28. The number of hydrogen-bond donors (Lipinski definition) is 2. The zero-order chi connectivity index (χ0) is 13.8. The van der Waals surface area contributed by atoms with Crippen LogP contribution in [0.15, 0.2) is 18.2 Å². The van der Waals surface area contributed by atoms with Crippen molar-refractivity contribution in [1.82, 2.24) is 0 Å². The molecule has 1 saturated carbocycles. The largest absolute Gasteiger partial charge is 0.384 e. The maximum absolute atomic E-state index is 13.4. The van der Waals surface area contributed by atoms with Gasteiger partial charge in [-0.3, -0.25) is 4.79 Å². The number of aliphatic hydroxyl groups excluding tert-OH is 1. The van der Waals surface area contributed by atoms with Crippen molar-refractivity contribution in [2.24, 2.45) is 11.8 Å². The van der Waals surface area contributed by atoms with E-state index in [1.54, 1.807) is 0 Å². The van der Waals surface area contributed by atoms with Crippen LogP contribution in [0.3, 0.4) is 0 Å². The van der Waals surface area contributed by atoms with E-state index in [2.05, 4.69) is 17.2 Å². The van der Waals surface area contributed by atoms with Gasteiger partial charge < -0.3 is 10.4 Å². The highest BCUT2D eigenvalue weighted by molar-refractivity contribution is 5.92. The molecule has 2 rings (SSSR count). The molecular formula is C15H16FNO2. The second-order valence-corrected chi connectivity index (χ2v) is 4.77. The van der Waals surface area contributed by atoms with Crippen LogP contribution in [0.1, 0.15) is 25.3 Å². The summed E-state index contributed by atoms with van der Waals surface area (Å²) in [6.45, 7) is 1.58. The zero-order valence-electron chi connectivity index (χ0n) is 10.7. The van der Waals surface area contributed by atoms with E-state index in [0.29, 0.717) is 11.6 Å². The molecule has 19 heavy (non-hydrogen) atoms. The molecule has 0 aliphatic heterocycles. The lowest BCUT2D eigenvalue weighted by molar-refractivity contribution is -0.119. The van der Waals surface area contributed by atoms with Crippen molar-refractivity contribution in [2.45, 2.75) is 19.8 Å². The number of hydrogen-bond acceptors (Lipinski definition) is 2. The Balaban J connectivity index is 2.09. The summed E-state index contributed by atoms with van der Waals surface area (Å²) in [6.07, 6.45) is 2.20. The first-order valence-electron chi connectivity index (χ1n) is 6.32. The molecule has 1 amide bonds. The maximum Gasteiger partial charge on any atom is 0.227 e. The lowest BCUT2D eigenvalue weighted by Crippen LogP contribution is -2.21. The number of amides is 1. The third kappa shape index (κ3) is 3.55. The number of carbonyl (C=O) groups excluding carboxylic acids is 1. The van der Waals surface area contributed by atoms with E-state index in [1.807, 2.05) is 6.92 Å². The number of anilines is 1. The Hall–Kier alpha value is -1.86. The second kappa shape index (κ2) is 5.85. The van der Waals surface area contributed by atoms with Crippen LogP contribution in [0.2, 0.25) is 0 Å². The lowest BCUT2D eigenvalue weighted by Gasteiger charge is -2.11. The first-order valence-corrected chi connectivity index (χ1v) is 6.32. The summed E-state index contributed by atoms with van der Waals surface area (Å²) in [5.74, 6) is 4.86. The van der Waals surface area contributed by atoms with Crippen LogP contribution in [-0.4, -0.2) is 17.6 Å². The summed E-state index contributed by atoms with van der Waals surface area (Å²) in [4.78, 5) is 11.9. The van der Waals surface area contributed by atoms with Crippen LogP contribution in [0.25, 0.3) is 0 Å². The van der Waals surface area contributed by atoms with Crippen molar-refractivity contribution in [1.29, 1.82) is 0 Å². The van der Waals surface area contributed by atoms with Crippen molar-refractivity contribution < 1.29 is 14.3 Å². The predicted molar refractivity (Wildman–Crippen MR) is 70.9 cm³/mol. The fraction of sp³-hybridized carbons (Fsp3) is 0.400. The molecular weight excluding hydrogens is 245 g/mol. The first-order chi connectivity index (χ1) is 9.11. The molecule has 1 aliphatic carbocycles. The fourth-order valence-corrected chi connectivity index (χ4v) is 1.90. The molecule has 100 valence electrons.